The zero-order valence-electron chi connectivity index (χ0n) is 18.9. The van der Waals surface area contributed by atoms with E-state index in [1.165, 1.54) is 4.90 Å². The maximum absolute atomic E-state index is 12.9. The van der Waals surface area contributed by atoms with Crippen molar-refractivity contribution in [3.05, 3.63) is 71.4 Å². The molecule has 0 aliphatic carbocycles. The van der Waals surface area contributed by atoms with Crippen molar-refractivity contribution in [2.75, 3.05) is 7.05 Å². The topological polar surface area (TPSA) is 93.6 Å². The fourth-order valence-electron chi connectivity index (χ4n) is 3.71. The second-order valence-corrected chi connectivity index (χ2v) is 8.15. The van der Waals surface area contributed by atoms with Crippen LogP contribution in [0, 0.1) is 11.8 Å². The highest BCUT2D eigenvalue weighted by molar-refractivity contribution is 5.94. The number of aliphatic carboxylic acids is 1. The first-order valence-corrected chi connectivity index (χ1v) is 11.3. The quantitative estimate of drug-likeness (QED) is 0.241. The Hall–Kier alpha value is -3.56. The van der Waals surface area contributed by atoms with Crippen molar-refractivity contribution < 1.29 is 19.8 Å². The van der Waals surface area contributed by atoms with E-state index in [9.17, 15) is 14.7 Å². The van der Waals surface area contributed by atoms with E-state index in [0.717, 1.165) is 47.7 Å². The molecule has 0 spiro atoms. The summed E-state index contributed by atoms with van der Waals surface area (Å²) in [7, 11) is 1.60. The van der Waals surface area contributed by atoms with E-state index in [4.69, 9.17) is 5.11 Å². The molecular formula is C27H30N2O4. The average molecular weight is 447 g/mol. The van der Waals surface area contributed by atoms with Crippen LogP contribution in [0.4, 0.5) is 0 Å². The van der Waals surface area contributed by atoms with Gasteiger partial charge in [-0.05, 0) is 42.7 Å². The number of carboxylic acid groups (broad SMARTS) is 1. The number of carbonyl (C=O) groups excluding carboxylic acids is 1. The maximum atomic E-state index is 12.9. The molecule has 0 bridgehead atoms. The van der Waals surface area contributed by atoms with Gasteiger partial charge in [-0.3, -0.25) is 9.59 Å². The predicted molar refractivity (Wildman–Crippen MR) is 129 cm³/mol. The normalized spacial score (nSPS) is 11.6. The highest BCUT2D eigenvalue weighted by Gasteiger charge is 2.20. The molecule has 2 aromatic carbocycles. The van der Waals surface area contributed by atoms with Gasteiger partial charge >= 0.3 is 5.97 Å². The number of carboxylic acids is 1. The number of aliphatic hydroxyl groups excluding tert-OH is 1. The van der Waals surface area contributed by atoms with Gasteiger partial charge in [0, 0.05) is 54.5 Å². The van der Waals surface area contributed by atoms with E-state index in [0.29, 0.717) is 18.4 Å². The Balaban J connectivity index is 1.53. The summed E-state index contributed by atoms with van der Waals surface area (Å²) >= 11 is 0. The zero-order valence-corrected chi connectivity index (χ0v) is 18.9. The van der Waals surface area contributed by atoms with Crippen molar-refractivity contribution in [2.45, 2.75) is 51.2 Å². The summed E-state index contributed by atoms with van der Waals surface area (Å²) in [6.07, 6.45) is 5.68. The first kappa shape index (κ1) is 24.1. The van der Waals surface area contributed by atoms with Crippen molar-refractivity contribution in [3.8, 4) is 11.8 Å². The van der Waals surface area contributed by atoms with Crippen LogP contribution in [0.3, 0.4) is 0 Å². The van der Waals surface area contributed by atoms with Crippen LogP contribution in [0.25, 0.3) is 10.9 Å². The summed E-state index contributed by atoms with van der Waals surface area (Å²) in [5.74, 6) is 5.20. The van der Waals surface area contributed by atoms with Crippen molar-refractivity contribution >= 4 is 22.8 Å². The Labute approximate surface area is 194 Å². The molecule has 0 unspecified atom stereocenters. The molecule has 3 rings (SSSR count). The second-order valence-electron chi connectivity index (χ2n) is 8.15. The number of aromatic nitrogens is 1. The summed E-state index contributed by atoms with van der Waals surface area (Å²) in [5.41, 5.74) is 3.20. The molecule has 1 aromatic heterocycles. The van der Waals surface area contributed by atoms with E-state index < -0.39 is 12.2 Å². The van der Waals surface area contributed by atoms with Crippen molar-refractivity contribution in [3.63, 3.8) is 0 Å². The van der Waals surface area contributed by atoms with Gasteiger partial charge in [-0.15, -0.1) is 0 Å². The Kier molecular flexibility index (Phi) is 8.68. The van der Waals surface area contributed by atoms with E-state index in [1.54, 1.807) is 25.2 Å². The third kappa shape index (κ3) is 6.96. The number of likely N-dealkylation sites (N-methyl/N-ethyl adjacent to an activating group) is 1. The van der Waals surface area contributed by atoms with Crippen LogP contribution in [0.15, 0.2) is 54.7 Å². The molecule has 1 amide bonds. The molecule has 0 aliphatic rings. The largest absolute Gasteiger partial charge is 0.481 e. The molecule has 1 atom stereocenters. The van der Waals surface area contributed by atoms with E-state index >= 15 is 0 Å². The lowest BCUT2D eigenvalue weighted by Crippen LogP contribution is -2.38. The van der Waals surface area contributed by atoms with Gasteiger partial charge in [0.2, 0.25) is 0 Å². The van der Waals surface area contributed by atoms with E-state index in [2.05, 4.69) is 16.8 Å². The number of fused-ring (bicyclic) bond motifs is 1. The molecule has 33 heavy (non-hydrogen) atoms. The number of hydrogen-bond acceptors (Lipinski definition) is 3. The molecule has 6 heteroatoms. The Morgan fingerprint density at radius 1 is 1.06 bits per heavy atom. The lowest BCUT2D eigenvalue weighted by Gasteiger charge is -2.23. The van der Waals surface area contributed by atoms with Crippen LogP contribution in [0.5, 0.6) is 0 Å². The minimum absolute atomic E-state index is 0.220. The third-order valence-electron chi connectivity index (χ3n) is 5.63. The number of rotatable bonds is 10. The van der Waals surface area contributed by atoms with Gasteiger partial charge in [0.1, 0.15) is 6.23 Å². The van der Waals surface area contributed by atoms with Crippen molar-refractivity contribution in [2.24, 2.45) is 0 Å². The third-order valence-corrected chi connectivity index (χ3v) is 5.63. The Morgan fingerprint density at radius 2 is 1.85 bits per heavy atom. The molecule has 0 fully saturated rings. The lowest BCUT2D eigenvalue weighted by atomic mass is 10.1. The molecular weight excluding hydrogens is 416 g/mol. The number of carbonyl (C=O) groups is 2. The molecule has 0 radical (unpaired) electrons. The summed E-state index contributed by atoms with van der Waals surface area (Å²) in [6.45, 7) is 0. The molecule has 3 N–H and O–H groups in total. The van der Waals surface area contributed by atoms with Gasteiger partial charge in [-0.25, -0.2) is 0 Å². The van der Waals surface area contributed by atoms with E-state index in [1.807, 2.05) is 36.5 Å². The lowest BCUT2D eigenvalue weighted by molar-refractivity contribution is -0.137. The smallest absolute Gasteiger partial charge is 0.303 e. The number of benzene rings is 2. The van der Waals surface area contributed by atoms with Gasteiger partial charge in [0.05, 0.1) is 0 Å². The summed E-state index contributed by atoms with van der Waals surface area (Å²) in [6, 6.07) is 15.0. The molecule has 172 valence electrons. The number of nitrogens with one attached hydrogen (secondary N) is 1. The second kappa shape index (κ2) is 11.9. The van der Waals surface area contributed by atoms with Crippen molar-refractivity contribution in [1.29, 1.82) is 0 Å². The number of para-hydroxylation sites is 1. The first-order valence-electron chi connectivity index (χ1n) is 11.3. The first-order chi connectivity index (χ1) is 16.0. The van der Waals surface area contributed by atoms with Gasteiger partial charge in [0.15, 0.2) is 0 Å². The predicted octanol–water partition coefficient (Wildman–Crippen LogP) is 4.58. The minimum Gasteiger partial charge on any atom is -0.481 e. The summed E-state index contributed by atoms with van der Waals surface area (Å²) in [5, 5.41) is 20.3. The average Bonchev–Trinajstić information content (AvgIpc) is 3.22. The molecule has 6 nitrogen and oxygen atoms in total. The number of H-pyrrole nitrogens is 1. The van der Waals surface area contributed by atoms with Gasteiger partial charge in [-0.2, -0.15) is 0 Å². The van der Waals surface area contributed by atoms with Crippen LogP contribution in [0.1, 0.15) is 60.0 Å². The number of aliphatic hydroxyl groups is 1. The molecule has 0 saturated heterocycles. The fourth-order valence-corrected chi connectivity index (χ4v) is 3.71. The monoisotopic (exact) mass is 446 g/mol. The number of aromatic amines is 1. The van der Waals surface area contributed by atoms with Crippen LogP contribution < -0.4 is 0 Å². The van der Waals surface area contributed by atoms with Crippen LogP contribution in [0.2, 0.25) is 0 Å². The number of amides is 1. The molecule has 3 aromatic rings. The van der Waals surface area contributed by atoms with Gasteiger partial charge in [0.25, 0.3) is 5.91 Å². The summed E-state index contributed by atoms with van der Waals surface area (Å²) < 4.78 is 0. The van der Waals surface area contributed by atoms with E-state index in [-0.39, 0.29) is 12.3 Å². The minimum atomic E-state index is -0.951. The Morgan fingerprint density at radius 3 is 2.67 bits per heavy atom. The fraction of sp³-hybridized carbons (Fsp3) is 0.333. The summed E-state index contributed by atoms with van der Waals surface area (Å²) in [4.78, 5) is 28.0. The highest BCUT2D eigenvalue weighted by atomic mass is 16.4. The number of hydrogen-bond donors (Lipinski definition) is 3. The van der Waals surface area contributed by atoms with Crippen molar-refractivity contribution in [1.82, 2.24) is 9.88 Å². The van der Waals surface area contributed by atoms with Crippen LogP contribution >= 0.6 is 0 Å². The Bertz CT molecular complexity index is 1160. The molecule has 1 heterocycles. The SMILES string of the molecule is CN(C(=O)c1cccc(C#CCCCCCCC(=O)O)c1)[C@H](O)Cc1c[nH]c2ccccc12. The van der Waals surface area contributed by atoms with Gasteiger partial charge in [-0.1, -0.05) is 48.9 Å². The maximum Gasteiger partial charge on any atom is 0.303 e. The van der Waals surface area contributed by atoms with Crippen LogP contribution in [-0.4, -0.2) is 45.2 Å². The molecule has 0 saturated carbocycles. The zero-order chi connectivity index (χ0) is 23.6. The standard InChI is InChI=1S/C27H30N2O4/c1-29(25(30)18-22-19-28-24-15-9-8-14-23(22)24)27(33)21-13-10-12-20(17-21)11-6-4-2-3-5-7-16-26(31)32/h8-10,12-15,17,19,25,28,30H,2-5,7,16,18H2,1H3,(H,31,32)/t25-/m1/s1. The highest BCUT2D eigenvalue weighted by Crippen LogP contribution is 2.20. The van der Waals surface area contributed by atoms with Gasteiger partial charge < -0.3 is 20.1 Å². The number of unbranched alkanes of at least 4 members (excludes halogenated alkanes) is 4. The molecule has 0 aliphatic heterocycles. The number of nitrogens with zero attached hydrogens (tertiary/aromatic N) is 1. The van der Waals surface area contributed by atoms with Crippen LogP contribution in [-0.2, 0) is 11.2 Å².